The van der Waals surface area contributed by atoms with E-state index in [1.165, 1.54) is 5.01 Å². The molecule has 0 radical (unpaired) electrons. The van der Waals surface area contributed by atoms with Crippen LogP contribution in [0.15, 0.2) is 46.9 Å². The molecule has 0 N–H and O–H groups in total. The number of methoxy groups -OCH3 is 1. The van der Waals surface area contributed by atoms with Gasteiger partial charge in [-0.3, -0.25) is 9.59 Å². The first-order valence-electron chi connectivity index (χ1n) is 9.89. The smallest absolute Gasteiger partial charge is 0.262 e. The topological polar surface area (TPSA) is 62.2 Å². The lowest BCUT2D eigenvalue weighted by atomic mass is 9.84. The molecule has 2 aromatic rings. The molecule has 29 heavy (non-hydrogen) atoms. The van der Waals surface area contributed by atoms with Crippen LogP contribution in [0.25, 0.3) is 0 Å². The van der Waals surface area contributed by atoms with Crippen molar-refractivity contribution in [3.63, 3.8) is 0 Å². The third kappa shape index (κ3) is 3.92. The standard InChI is InChI=1S/C22H25N3O3S/c1-24(22(27)15-7-5-8-15)14-21(26)25-18(16-9-3-4-10-19(16)28-2)13-17(23-25)20-11-6-12-29-20/h3-4,6,9-12,15,18H,5,7-8,13-14H2,1-2H3. The molecule has 0 bridgehead atoms. The van der Waals surface area contributed by atoms with Crippen molar-refractivity contribution < 1.29 is 14.3 Å². The number of rotatable bonds is 6. The molecule has 1 saturated carbocycles. The Hall–Kier alpha value is -2.67. The number of benzene rings is 1. The third-order valence-electron chi connectivity index (χ3n) is 5.67. The molecule has 1 unspecified atom stereocenters. The number of likely N-dealkylation sites (N-methyl/N-ethyl adjacent to an activating group) is 1. The summed E-state index contributed by atoms with van der Waals surface area (Å²) >= 11 is 1.61. The Labute approximate surface area is 174 Å². The van der Waals surface area contributed by atoms with Crippen LogP contribution in [0.2, 0.25) is 0 Å². The number of nitrogens with zero attached hydrogens (tertiary/aromatic N) is 3. The molecule has 2 aliphatic rings. The van der Waals surface area contributed by atoms with Crippen molar-refractivity contribution >= 4 is 28.9 Å². The van der Waals surface area contributed by atoms with Gasteiger partial charge in [0.2, 0.25) is 5.91 Å². The van der Waals surface area contributed by atoms with Crippen LogP contribution in [0, 0.1) is 5.92 Å². The molecule has 1 aromatic carbocycles. The molecular weight excluding hydrogens is 386 g/mol. The van der Waals surface area contributed by atoms with Crippen LogP contribution in [0.4, 0.5) is 0 Å². The summed E-state index contributed by atoms with van der Waals surface area (Å²) in [5.41, 5.74) is 1.81. The molecule has 2 amide bonds. The zero-order valence-electron chi connectivity index (χ0n) is 16.7. The van der Waals surface area contributed by atoms with Gasteiger partial charge < -0.3 is 9.64 Å². The Morgan fingerprint density at radius 2 is 2.03 bits per heavy atom. The van der Waals surface area contributed by atoms with E-state index in [9.17, 15) is 9.59 Å². The first kappa shape index (κ1) is 19.6. The molecule has 152 valence electrons. The summed E-state index contributed by atoms with van der Waals surface area (Å²) in [6, 6.07) is 11.5. The second-order valence-corrected chi connectivity index (χ2v) is 8.49. The molecular formula is C22H25N3O3S. The summed E-state index contributed by atoms with van der Waals surface area (Å²) in [7, 11) is 3.34. The van der Waals surface area contributed by atoms with Crippen LogP contribution >= 0.6 is 11.3 Å². The summed E-state index contributed by atoms with van der Waals surface area (Å²) in [6.45, 7) is 0.0300. The Kier molecular flexibility index (Phi) is 5.67. The normalized spacial score (nSPS) is 18.9. The lowest BCUT2D eigenvalue weighted by Gasteiger charge is -2.30. The first-order chi connectivity index (χ1) is 14.1. The number of carbonyl (C=O) groups excluding carboxylic acids is 2. The quantitative estimate of drug-likeness (QED) is 0.728. The van der Waals surface area contributed by atoms with E-state index in [0.29, 0.717) is 6.42 Å². The molecule has 1 fully saturated rings. The lowest BCUT2D eigenvalue weighted by Crippen LogP contribution is -2.42. The molecule has 2 heterocycles. The maximum atomic E-state index is 13.2. The third-order valence-corrected chi connectivity index (χ3v) is 6.59. The van der Waals surface area contributed by atoms with Crippen LogP contribution in [-0.2, 0) is 9.59 Å². The minimum absolute atomic E-state index is 0.0300. The lowest BCUT2D eigenvalue weighted by molar-refractivity contribution is -0.144. The van der Waals surface area contributed by atoms with Crippen molar-refractivity contribution in [1.29, 1.82) is 0 Å². The molecule has 6 nitrogen and oxygen atoms in total. The highest BCUT2D eigenvalue weighted by Crippen LogP contribution is 2.38. The van der Waals surface area contributed by atoms with Gasteiger partial charge in [0.05, 0.1) is 23.7 Å². The minimum Gasteiger partial charge on any atom is -0.496 e. The van der Waals surface area contributed by atoms with Gasteiger partial charge in [0, 0.05) is 24.9 Å². The molecule has 0 spiro atoms. The van der Waals surface area contributed by atoms with Crippen LogP contribution in [0.5, 0.6) is 5.75 Å². The summed E-state index contributed by atoms with van der Waals surface area (Å²) in [5.74, 6) is 0.682. The van der Waals surface area contributed by atoms with Gasteiger partial charge in [-0.2, -0.15) is 5.10 Å². The second kappa shape index (κ2) is 8.37. The van der Waals surface area contributed by atoms with E-state index in [1.54, 1.807) is 30.4 Å². The predicted octanol–water partition coefficient (Wildman–Crippen LogP) is 3.69. The molecule has 1 aliphatic carbocycles. The average molecular weight is 412 g/mol. The summed E-state index contributed by atoms with van der Waals surface area (Å²) in [6.07, 6.45) is 3.55. The number of hydrogen-bond acceptors (Lipinski definition) is 5. The van der Waals surface area contributed by atoms with E-state index < -0.39 is 0 Å². The Morgan fingerprint density at radius 3 is 2.69 bits per heavy atom. The van der Waals surface area contributed by atoms with Crippen molar-refractivity contribution in [1.82, 2.24) is 9.91 Å². The van der Waals surface area contributed by atoms with Crippen molar-refractivity contribution in [3.8, 4) is 5.75 Å². The highest BCUT2D eigenvalue weighted by molar-refractivity contribution is 7.12. The summed E-state index contributed by atoms with van der Waals surface area (Å²) in [4.78, 5) is 28.3. The van der Waals surface area contributed by atoms with Gasteiger partial charge >= 0.3 is 0 Å². The van der Waals surface area contributed by atoms with E-state index in [0.717, 1.165) is 41.2 Å². The molecule has 1 aromatic heterocycles. The fraction of sp³-hybridized carbons (Fsp3) is 0.409. The van der Waals surface area contributed by atoms with Crippen molar-refractivity contribution in [2.75, 3.05) is 20.7 Å². The fourth-order valence-corrected chi connectivity index (χ4v) is 4.56. The number of amides is 2. The van der Waals surface area contributed by atoms with Gasteiger partial charge in [0.1, 0.15) is 12.3 Å². The van der Waals surface area contributed by atoms with Gasteiger partial charge in [0.25, 0.3) is 5.91 Å². The molecule has 1 atom stereocenters. The van der Waals surface area contributed by atoms with Crippen LogP contribution in [0.1, 0.15) is 42.2 Å². The Balaban J connectivity index is 1.59. The SMILES string of the molecule is COc1ccccc1C1CC(c2cccs2)=NN1C(=O)CN(C)C(=O)C1CCC1. The van der Waals surface area contributed by atoms with E-state index in [1.807, 2.05) is 41.8 Å². The highest BCUT2D eigenvalue weighted by atomic mass is 32.1. The number of thiophene rings is 1. The number of carbonyl (C=O) groups is 2. The summed E-state index contributed by atoms with van der Waals surface area (Å²) in [5, 5.41) is 8.22. The molecule has 0 saturated heterocycles. The summed E-state index contributed by atoms with van der Waals surface area (Å²) < 4.78 is 5.53. The van der Waals surface area contributed by atoms with E-state index in [2.05, 4.69) is 5.10 Å². The van der Waals surface area contributed by atoms with Gasteiger partial charge in [0.15, 0.2) is 0 Å². The molecule has 4 rings (SSSR count). The average Bonchev–Trinajstić information content (AvgIpc) is 3.36. The van der Waals surface area contributed by atoms with Crippen molar-refractivity contribution in [2.24, 2.45) is 11.0 Å². The van der Waals surface area contributed by atoms with Gasteiger partial charge in [-0.05, 0) is 30.4 Å². The van der Waals surface area contributed by atoms with Crippen molar-refractivity contribution in [2.45, 2.75) is 31.7 Å². The monoisotopic (exact) mass is 411 g/mol. The maximum absolute atomic E-state index is 13.2. The molecule has 1 aliphatic heterocycles. The number of hydrogen-bond donors (Lipinski definition) is 0. The zero-order chi connectivity index (χ0) is 20.4. The maximum Gasteiger partial charge on any atom is 0.262 e. The number of hydrazone groups is 1. The van der Waals surface area contributed by atoms with Crippen LogP contribution < -0.4 is 4.74 Å². The van der Waals surface area contributed by atoms with Gasteiger partial charge in [-0.15, -0.1) is 11.3 Å². The Morgan fingerprint density at radius 1 is 1.24 bits per heavy atom. The number of para-hydroxylation sites is 1. The second-order valence-electron chi connectivity index (χ2n) is 7.55. The fourth-order valence-electron chi connectivity index (χ4n) is 3.84. The van der Waals surface area contributed by atoms with Crippen LogP contribution in [-0.4, -0.2) is 48.1 Å². The van der Waals surface area contributed by atoms with Crippen LogP contribution in [0.3, 0.4) is 0 Å². The first-order valence-corrected chi connectivity index (χ1v) is 10.8. The van der Waals surface area contributed by atoms with E-state index in [4.69, 9.17) is 4.74 Å². The highest BCUT2D eigenvalue weighted by Gasteiger charge is 2.36. The predicted molar refractivity (Wildman–Crippen MR) is 113 cm³/mol. The molecule has 7 heteroatoms. The Bertz CT molecular complexity index is 921. The van der Waals surface area contributed by atoms with Gasteiger partial charge in [-0.25, -0.2) is 5.01 Å². The van der Waals surface area contributed by atoms with E-state index >= 15 is 0 Å². The zero-order valence-corrected chi connectivity index (χ0v) is 17.5. The van der Waals surface area contributed by atoms with E-state index in [-0.39, 0.29) is 30.3 Å². The van der Waals surface area contributed by atoms with Crippen molar-refractivity contribution in [3.05, 3.63) is 52.2 Å². The number of ether oxygens (including phenoxy) is 1. The minimum atomic E-state index is -0.247. The largest absolute Gasteiger partial charge is 0.496 e. The van der Waals surface area contributed by atoms with Gasteiger partial charge in [-0.1, -0.05) is 30.7 Å².